The summed E-state index contributed by atoms with van der Waals surface area (Å²) in [5.41, 5.74) is 1.00. The van der Waals surface area contributed by atoms with E-state index in [1.165, 1.54) is 5.06 Å². The topological polar surface area (TPSA) is 175 Å². The van der Waals surface area contributed by atoms with Crippen LogP contribution in [0.1, 0.15) is 32.8 Å². The summed E-state index contributed by atoms with van der Waals surface area (Å²) in [6.45, 7) is 33.3. The van der Waals surface area contributed by atoms with E-state index in [1.807, 2.05) is 36.6 Å². The van der Waals surface area contributed by atoms with Crippen molar-refractivity contribution in [1.82, 2.24) is 5.06 Å². The van der Waals surface area contributed by atoms with E-state index in [9.17, 15) is 9.59 Å². The molecule has 1 aliphatic heterocycles. The summed E-state index contributed by atoms with van der Waals surface area (Å²) in [7, 11) is 0. The van der Waals surface area contributed by atoms with Crippen molar-refractivity contribution >= 4 is 24.9 Å². The molecule has 1 aromatic rings. The molecule has 2 rings (SSSR count). The SMILES string of the molecule is CCC[S-].CCOC(=O)[C@@H]1[C@@H]([C-]=O)[C@H](C)ON1Cc1ccccc1.[C-]#[O+].[C-]#[O+].[C-]#[O+].[C-]#[O+].[C-]#[O+].[C-]#[O+].[Fe].[Fe]. The normalized spacial score (nSPS) is 15.0. The summed E-state index contributed by atoms with van der Waals surface area (Å²) < 4.78 is 50.0. The molecule has 1 aromatic carbocycles. The first-order valence-corrected chi connectivity index (χ1v) is 9.98. The van der Waals surface area contributed by atoms with Crippen LogP contribution in [-0.2, 0) is 100 Å². The van der Waals surface area contributed by atoms with E-state index in [-0.39, 0.29) is 46.8 Å². The summed E-state index contributed by atoms with van der Waals surface area (Å²) in [5.74, 6) is -0.168. The van der Waals surface area contributed by atoms with E-state index >= 15 is 0 Å². The Morgan fingerprint density at radius 2 is 1.34 bits per heavy atom. The van der Waals surface area contributed by atoms with Crippen LogP contribution in [0.3, 0.4) is 0 Å². The average molecular weight is 631 g/mol. The van der Waals surface area contributed by atoms with Crippen molar-refractivity contribution in [1.29, 1.82) is 0 Å². The van der Waals surface area contributed by atoms with Crippen LogP contribution in [0, 0.1) is 45.8 Å². The summed E-state index contributed by atoms with van der Waals surface area (Å²) in [6.07, 6.45) is 2.65. The maximum absolute atomic E-state index is 12.0. The largest absolute Gasteiger partial charge is 0 e. The van der Waals surface area contributed by atoms with E-state index in [2.05, 4.69) is 59.5 Å². The molecule has 1 fully saturated rings. The van der Waals surface area contributed by atoms with E-state index in [0.29, 0.717) is 6.54 Å². The van der Waals surface area contributed by atoms with Crippen LogP contribution >= 0.6 is 0 Å². The van der Waals surface area contributed by atoms with Gasteiger partial charge in [0.2, 0.25) is 0 Å². The van der Waals surface area contributed by atoms with Gasteiger partial charge in [-0.2, -0.15) is 10.8 Å². The van der Waals surface area contributed by atoms with Crippen molar-refractivity contribution in [2.75, 3.05) is 12.4 Å². The zero-order valence-electron chi connectivity index (χ0n) is 20.6. The minimum Gasteiger partial charge on any atom is 0 e. The molecular weight excluding hydrogens is 606 g/mol. The minimum atomic E-state index is -0.734. The molecule has 0 N–H and O–H groups in total. The van der Waals surface area contributed by atoms with Crippen molar-refractivity contribution in [3.05, 3.63) is 75.8 Å². The third-order valence-electron chi connectivity index (χ3n) is 3.51. The third-order valence-corrected chi connectivity index (χ3v) is 3.92. The molecule has 0 amide bonds. The van der Waals surface area contributed by atoms with E-state index < -0.39 is 17.9 Å². The number of hydrogen-bond acceptors (Lipinski definition) is 6. The molecule has 0 bridgehead atoms. The maximum atomic E-state index is 12.0. The summed E-state index contributed by atoms with van der Waals surface area (Å²) in [4.78, 5) is 28.8. The van der Waals surface area contributed by atoms with Gasteiger partial charge in [-0.25, -0.2) is 0 Å². The van der Waals surface area contributed by atoms with Crippen LogP contribution in [0.4, 0.5) is 0 Å². The van der Waals surface area contributed by atoms with Gasteiger partial charge in [-0.05, 0) is 19.4 Å². The van der Waals surface area contributed by atoms with Crippen LogP contribution in [0.2, 0.25) is 0 Å². The number of carbonyl (C=O) groups is 1. The van der Waals surface area contributed by atoms with Gasteiger partial charge in [-0.3, -0.25) is 15.9 Å². The number of hydrogen-bond donors (Lipinski definition) is 0. The zero-order valence-corrected chi connectivity index (χ0v) is 23.6. The Kier molecular flexibility index (Phi) is 76.6. The second-order valence-corrected chi connectivity index (χ2v) is 5.82. The second-order valence-electron chi connectivity index (χ2n) is 5.42. The number of rotatable bonds is 6. The Morgan fingerprint density at radius 1 is 0.947 bits per heavy atom. The molecule has 0 saturated carbocycles. The second kappa shape index (κ2) is 51.7. The number of hydroxylamine groups is 2. The summed E-state index contributed by atoms with van der Waals surface area (Å²) in [6, 6.07) is 8.89. The molecule has 1 heterocycles. The Bertz CT molecular complexity index is 707. The molecule has 0 radical (unpaired) electrons. The first kappa shape index (κ1) is 56.3. The molecule has 0 aliphatic carbocycles. The molecule has 3 atom stereocenters. The molecular formula is C24H25Fe2NO10S-2. The molecule has 1 saturated heterocycles. The first-order valence-electron chi connectivity index (χ1n) is 9.41. The van der Waals surface area contributed by atoms with Crippen molar-refractivity contribution in [2.45, 2.75) is 45.9 Å². The van der Waals surface area contributed by atoms with Crippen LogP contribution < -0.4 is 0 Å². The van der Waals surface area contributed by atoms with Gasteiger partial charge in [0.25, 0.3) is 0 Å². The fourth-order valence-corrected chi connectivity index (χ4v) is 2.33. The monoisotopic (exact) mass is 631 g/mol. The van der Waals surface area contributed by atoms with Crippen molar-refractivity contribution in [3.8, 4) is 0 Å². The average Bonchev–Trinajstić information content (AvgIpc) is 3.30. The third kappa shape index (κ3) is 28.7. The molecule has 0 spiro atoms. The van der Waals surface area contributed by atoms with Gasteiger partial charge in [0.15, 0.2) is 0 Å². The Morgan fingerprint density at radius 3 is 1.66 bits per heavy atom. The van der Waals surface area contributed by atoms with Crippen molar-refractivity contribution in [3.63, 3.8) is 0 Å². The Labute approximate surface area is 250 Å². The molecule has 210 valence electrons. The number of carbonyl (C=O) groups excluding carboxylic acids is 2. The fraction of sp³-hybridized carbons (Fsp3) is 0.417. The van der Waals surface area contributed by atoms with Gasteiger partial charge < -0.3 is 22.2 Å². The molecule has 1 aliphatic rings. The van der Waals surface area contributed by atoms with E-state index in [0.717, 1.165) is 17.7 Å². The number of benzene rings is 1. The molecule has 11 nitrogen and oxygen atoms in total. The molecule has 38 heavy (non-hydrogen) atoms. The Hall–Kier alpha value is -1.89. The summed E-state index contributed by atoms with van der Waals surface area (Å²) >= 11 is 4.55. The van der Waals surface area contributed by atoms with Gasteiger partial charge in [0.05, 0.1) is 12.7 Å². The number of ether oxygens (including phenoxy) is 1. The van der Waals surface area contributed by atoms with E-state index in [1.54, 1.807) is 13.8 Å². The smallest absolute Gasteiger partial charge is 0 e. The van der Waals surface area contributed by atoms with Crippen molar-refractivity contribution in [2.24, 2.45) is 5.92 Å². The van der Waals surface area contributed by atoms with Crippen LogP contribution in [0.5, 0.6) is 0 Å². The van der Waals surface area contributed by atoms with Crippen LogP contribution in [0.15, 0.2) is 30.3 Å². The quantitative estimate of drug-likeness (QED) is 0.153. The van der Waals surface area contributed by atoms with Gasteiger partial charge in [0.1, 0.15) is 6.04 Å². The first-order chi connectivity index (χ1) is 17.6. The van der Waals surface area contributed by atoms with Gasteiger partial charge in [-0.1, -0.05) is 49.6 Å². The molecule has 0 aromatic heterocycles. The predicted octanol–water partition coefficient (Wildman–Crippen LogP) is 2.19. The molecule has 0 unspecified atom stereocenters. The molecule has 14 heteroatoms. The number of nitrogens with zero attached hydrogens (tertiary/aromatic N) is 1. The number of esters is 1. The van der Waals surface area contributed by atoms with E-state index in [4.69, 9.17) is 37.5 Å². The van der Waals surface area contributed by atoms with Gasteiger partial charge in [0, 0.05) is 40.7 Å². The van der Waals surface area contributed by atoms with Crippen LogP contribution in [-0.4, -0.2) is 41.8 Å². The standard InChI is InChI=1S/C15H18NO4.C3H8S.6CO.2Fe/c1-3-19-15(18)14-13(10-17)11(2)20-16(14)9-12-7-5-4-6-8-12;1-2-3-4;6*1-2;;/h4-8,11,13-14H,3,9H2,1-2H3;4H,2-3H2,1H3;;;;;;;;/q-1;;;;;;;;;/p-1/t11-,13-,14-;;;;;;;;;/m0........./s1. The minimum absolute atomic E-state index is 0. The summed E-state index contributed by atoms with van der Waals surface area (Å²) in [5, 5.41) is 1.52. The maximum Gasteiger partial charge on any atom is 0 e. The zero-order chi connectivity index (χ0) is 29.9. The van der Waals surface area contributed by atoms with Crippen molar-refractivity contribution < 1.29 is 81.2 Å². The van der Waals surface area contributed by atoms with Gasteiger partial charge in [-0.15, -0.1) is 0 Å². The Balaban J connectivity index is -0.0000000711. The fourth-order valence-electron chi connectivity index (χ4n) is 2.33. The van der Waals surface area contributed by atoms with Gasteiger partial charge >= 0.3 is 73.8 Å². The predicted molar refractivity (Wildman–Crippen MR) is 118 cm³/mol. The van der Waals surface area contributed by atoms with Crippen LogP contribution in [0.25, 0.3) is 0 Å².